The van der Waals surface area contributed by atoms with Gasteiger partial charge in [-0.05, 0) is 49.1 Å². The largest absolute Gasteiger partial charge is 0.508 e. The van der Waals surface area contributed by atoms with E-state index in [2.05, 4.69) is 4.72 Å². The molecule has 0 saturated carbocycles. The second-order valence-electron chi connectivity index (χ2n) is 7.27. The maximum Gasteiger partial charge on any atom is 0.252 e. The molecule has 1 aromatic carbocycles. The summed E-state index contributed by atoms with van der Waals surface area (Å²) < 4.78 is 55.2. The Kier molecular flexibility index (Phi) is 7.08. The Hall–Kier alpha value is -1.66. The molecule has 3 rings (SSSR count). The summed E-state index contributed by atoms with van der Waals surface area (Å²) in [5.74, 6) is 0.131. The number of hydrogen-bond acceptors (Lipinski definition) is 7. The third-order valence-electron chi connectivity index (χ3n) is 5.34. The Balaban J connectivity index is 1.85. The van der Waals surface area contributed by atoms with Gasteiger partial charge in [0, 0.05) is 31.9 Å². The lowest BCUT2D eigenvalue weighted by atomic mass is 10.1. The van der Waals surface area contributed by atoms with Gasteiger partial charge in [-0.1, -0.05) is 13.0 Å². The number of nitrogens with one attached hydrogen (secondary N) is 1. The van der Waals surface area contributed by atoms with Crippen molar-refractivity contribution in [3.63, 3.8) is 0 Å². The molecule has 0 spiro atoms. The quantitative estimate of drug-likeness (QED) is 0.608. The molecule has 1 saturated heterocycles. The van der Waals surface area contributed by atoms with Gasteiger partial charge in [-0.15, -0.1) is 11.3 Å². The summed E-state index contributed by atoms with van der Waals surface area (Å²) in [7, 11) is -7.13. The van der Waals surface area contributed by atoms with Gasteiger partial charge in [0.2, 0.25) is 10.0 Å². The summed E-state index contributed by atoms with van der Waals surface area (Å²) in [6.07, 6.45) is 0.487. The lowest BCUT2D eigenvalue weighted by molar-refractivity contribution is 0.331. The van der Waals surface area contributed by atoms with Crippen LogP contribution in [-0.2, 0) is 20.0 Å². The van der Waals surface area contributed by atoms with Crippen LogP contribution in [0.1, 0.15) is 20.3 Å². The molecule has 0 aliphatic carbocycles. The Labute approximate surface area is 182 Å². The fourth-order valence-corrected chi connectivity index (χ4v) is 7.08. The molecule has 166 valence electrons. The standard InChI is InChI=1S/C19H27N3O5S3/c1-3-15(2)29(24,25)20-13-17-14-21(30(26,27)19-5-4-12-28-19)10-11-22(17)16-6-8-18(23)9-7-16/h4-9,12,15,17,20,23H,3,10-11,13-14H2,1-2H3/t15-,17-/m0/s1. The monoisotopic (exact) mass is 473 g/mol. The van der Waals surface area contributed by atoms with Crippen LogP contribution in [-0.4, -0.2) is 63.7 Å². The Bertz CT molecular complexity index is 1040. The van der Waals surface area contributed by atoms with Gasteiger partial charge in [0.1, 0.15) is 9.96 Å². The minimum Gasteiger partial charge on any atom is -0.508 e. The van der Waals surface area contributed by atoms with Crippen LogP contribution in [0, 0.1) is 0 Å². The van der Waals surface area contributed by atoms with E-state index in [1.807, 2.05) is 11.8 Å². The van der Waals surface area contributed by atoms with Gasteiger partial charge >= 0.3 is 0 Å². The van der Waals surface area contributed by atoms with Crippen molar-refractivity contribution in [2.75, 3.05) is 31.1 Å². The molecule has 1 fully saturated rings. The van der Waals surface area contributed by atoms with Crippen LogP contribution in [0.3, 0.4) is 0 Å². The number of benzene rings is 1. The molecule has 2 heterocycles. The summed E-state index contributed by atoms with van der Waals surface area (Å²) >= 11 is 1.17. The Morgan fingerprint density at radius 1 is 1.17 bits per heavy atom. The minimum atomic E-state index is -3.63. The van der Waals surface area contributed by atoms with E-state index < -0.39 is 31.3 Å². The van der Waals surface area contributed by atoms with Crippen LogP contribution < -0.4 is 9.62 Å². The molecule has 0 radical (unpaired) electrons. The van der Waals surface area contributed by atoms with Crippen molar-refractivity contribution in [2.24, 2.45) is 0 Å². The lowest BCUT2D eigenvalue weighted by Crippen LogP contribution is -2.58. The van der Waals surface area contributed by atoms with Crippen molar-refractivity contribution >= 4 is 37.1 Å². The van der Waals surface area contributed by atoms with Crippen molar-refractivity contribution in [2.45, 2.75) is 35.8 Å². The summed E-state index contributed by atoms with van der Waals surface area (Å²) in [6, 6.07) is 9.49. The molecule has 2 atom stereocenters. The van der Waals surface area contributed by atoms with E-state index in [1.165, 1.54) is 15.6 Å². The van der Waals surface area contributed by atoms with E-state index in [0.717, 1.165) is 5.69 Å². The first-order chi connectivity index (χ1) is 14.1. The van der Waals surface area contributed by atoms with Crippen LogP contribution in [0.2, 0.25) is 0 Å². The van der Waals surface area contributed by atoms with Crippen molar-refractivity contribution in [1.29, 1.82) is 0 Å². The van der Waals surface area contributed by atoms with Crippen molar-refractivity contribution < 1.29 is 21.9 Å². The van der Waals surface area contributed by atoms with Gasteiger partial charge in [0.05, 0.1) is 11.3 Å². The number of aromatic hydroxyl groups is 1. The second-order valence-corrected chi connectivity index (χ2v) is 12.6. The smallest absolute Gasteiger partial charge is 0.252 e. The molecule has 11 heteroatoms. The average Bonchev–Trinajstić information content (AvgIpc) is 3.28. The van der Waals surface area contributed by atoms with Crippen LogP contribution in [0.25, 0.3) is 0 Å². The first-order valence-electron chi connectivity index (χ1n) is 9.73. The highest BCUT2D eigenvalue weighted by molar-refractivity contribution is 7.91. The van der Waals surface area contributed by atoms with E-state index in [9.17, 15) is 21.9 Å². The number of piperazine rings is 1. The van der Waals surface area contributed by atoms with E-state index in [1.54, 1.807) is 48.7 Å². The van der Waals surface area contributed by atoms with Gasteiger partial charge in [0.25, 0.3) is 10.0 Å². The van der Waals surface area contributed by atoms with Crippen molar-refractivity contribution in [3.8, 4) is 5.75 Å². The predicted octanol–water partition coefficient (Wildman–Crippen LogP) is 2.05. The summed E-state index contributed by atoms with van der Waals surface area (Å²) in [5.41, 5.74) is 0.800. The molecule has 2 N–H and O–H groups in total. The third kappa shape index (κ3) is 4.97. The summed E-state index contributed by atoms with van der Waals surface area (Å²) in [4.78, 5) is 1.99. The van der Waals surface area contributed by atoms with Gasteiger partial charge in [-0.25, -0.2) is 21.6 Å². The highest BCUT2D eigenvalue weighted by Crippen LogP contribution is 2.27. The van der Waals surface area contributed by atoms with Gasteiger partial charge in [-0.3, -0.25) is 0 Å². The average molecular weight is 474 g/mol. The zero-order valence-electron chi connectivity index (χ0n) is 16.9. The van der Waals surface area contributed by atoms with Crippen molar-refractivity contribution in [3.05, 3.63) is 41.8 Å². The number of nitrogens with zero attached hydrogens (tertiary/aromatic N) is 2. The number of sulfonamides is 2. The molecule has 0 unspecified atom stereocenters. The number of thiophene rings is 1. The fraction of sp³-hybridized carbons (Fsp3) is 0.474. The highest BCUT2D eigenvalue weighted by atomic mass is 32.2. The van der Waals surface area contributed by atoms with Crippen LogP contribution >= 0.6 is 11.3 Å². The Morgan fingerprint density at radius 3 is 2.47 bits per heavy atom. The minimum absolute atomic E-state index is 0.0873. The number of rotatable bonds is 8. The van der Waals surface area contributed by atoms with Crippen molar-refractivity contribution in [1.82, 2.24) is 9.03 Å². The van der Waals surface area contributed by atoms with Gasteiger partial charge in [0.15, 0.2) is 0 Å². The molecule has 1 aromatic heterocycles. The first-order valence-corrected chi connectivity index (χ1v) is 13.6. The molecule has 0 amide bonds. The zero-order chi connectivity index (χ0) is 21.9. The normalized spacial score (nSPS) is 19.7. The topological polar surface area (TPSA) is 107 Å². The molecular formula is C19H27N3O5S3. The number of phenolic OH excluding ortho intramolecular Hbond substituents is 1. The maximum absolute atomic E-state index is 13.0. The lowest BCUT2D eigenvalue weighted by Gasteiger charge is -2.42. The molecular weight excluding hydrogens is 446 g/mol. The predicted molar refractivity (Wildman–Crippen MR) is 119 cm³/mol. The number of hydrogen-bond donors (Lipinski definition) is 2. The molecule has 0 bridgehead atoms. The SMILES string of the molecule is CC[C@H](C)S(=O)(=O)NC[C@H]1CN(S(=O)(=O)c2cccs2)CCN1c1ccc(O)cc1. The number of phenols is 1. The van der Waals surface area contributed by atoms with E-state index in [4.69, 9.17) is 0 Å². The molecule has 2 aromatic rings. The highest BCUT2D eigenvalue weighted by Gasteiger charge is 2.35. The Morgan fingerprint density at radius 2 is 1.87 bits per heavy atom. The maximum atomic E-state index is 13.0. The number of anilines is 1. The van der Waals surface area contributed by atoms with Crippen LogP contribution in [0.4, 0.5) is 5.69 Å². The zero-order valence-corrected chi connectivity index (χ0v) is 19.4. The molecule has 1 aliphatic rings. The van der Waals surface area contributed by atoms with E-state index in [-0.39, 0.29) is 29.6 Å². The molecule has 30 heavy (non-hydrogen) atoms. The van der Waals surface area contributed by atoms with Crippen LogP contribution in [0.15, 0.2) is 46.0 Å². The summed E-state index contributed by atoms with van der Waals surface area (Å²) in [5, 5.41) is 10.8. The van der Waals surface area contributed by atoms with Crippen LogP contribution in [0.5, 0.6) is 5.75 Å². The first kappa shape index (κ1) is 23.0. The molecule has 8 nitrogen and oxygen atoms in total. The van der Waals surface area contributed by atoms with Gasteiger partial charge in [-0.2, -0.15) is 4.31 Å². The second kappa shape index (κ2) is 9.23. The third-order valence-corrected chi connectivity index (χ3v) is 10.5. The summed E-state index contributed by atoms with van der Waals surface area (Å²) in [6.45, 7) is 4.39. The fourth-order valence-electron chi connectivity index (χ4n) is 3.32. The van der Waals surface area contributed by atoms with E-state index in [0.29, 0.717) is 13.0 Å². The van der Waals surface area contributed by atoms with Gasteiger partial charge < -0.3 is 10.0 Å². The molecule has 1 aliphatic heterocycles. The van der Waals surface area contributed by atoms with E-state index >= 15 is 0 Å².